The number of nitrogens with zero attached hydrogens (tertiary/aromatic N) is 3. The van der Waals surface area contributed by atoms with Gasteiger partial charge in [0.15, 0.2) is 0 Å². The molecule has 0 fully saturated rings. The minimum Gasteiger partial charge on any atom is -0.344 e. The first kappa shape index (κ1) is 11.9. The van der Waals surface area contributed by atoms with Crippen molar-refractivity contribution in [1.82, 2.24) is 14.3 Å². The second-order valence-electron chi connectivity index (χ2n) is 4.73. The molecule has 1 unspecified atom stereocenters. The second kappa shape index (κ2) is 4.75. The van der Waals surface area contributed by atoms with E-state index < -0.39 is 0 Å². The van der Waals surface area contributed by atoms with Gasteiger partial charge in [0.25, 0.3) is 0 Å². The Morgan fingerprint density at radius 1 is 1.24 bits per heavy atom. The third-order valence-electron chi connectivity index (χ3n) is 2.86. The standard InChI is InChI=1S/C13H20N4/c1-10(2)17-8-6-12(15-17)9-16-7-4-5-13(16)11(3)14/h4-8,10-11H,9,14H2,1-3H3. The van der Waals surface area contributed by atoms with Crippen LogP contribution in [0.15, 0.2) is 30.6 Å². The van der Waals surface area contributed by atoms with Crippen LogP contribution in [0, 0.1) is 0 Å². The summed E-state index contributed by atoms with van der Waals surface area (Å²) in [5.41, 5.74) is 8.13. The van der Waals surface area contributed by atoms with Gasteiger partial charge in [-0.2, -0.15) is 5.10 Å². The SMILES string of the molecule is CC(N)c1cccn1Cc1ccn(C(C)C)n1. The van der Waals surface area contributed by atoms with E-state index in [2.05, 4.69) is 35.6 Å². The lowest BCUT2D eigenvalue weighted by atomic mass is 10.2. The fourth-order valence-corrected chi connectivity index (χ4v) is 1.91. The van der Waals surface area contributed by atoms with Crippen LogP contribution in [0.3, 0.4) is 0 Å². The lowest BCUT2D eigenvalue weighted by molar-refractivity contribution is 0.522. The fourth-order valence-electron chi connectivity index (χ4n) is 1.91. The first-order valence-electron chi connectivity index (χ1n) is 6.02. The summed E-state index contributed by atoms with van der Waals surface area (Å²) in [7, 11) is 0. The Bertz CT molecular complexity index is 479. The van der Waals surface area contributed by atoms with Crippen LogP contribution in [-0.2, 0) is 6.54 Å². The molecule has 2 aromatic heterocycles. The van der Waals surface area contributed by atoms with Gasteiger partial charge >= 0.3 is 0 Å². The summed E-state index contributed by atoms with van der Waals surface area (Å²) in [6.45, 7) is 7.03. The summed E-state index contributed by atoms with van der Waals surface area (Å²) in [6.07, 6.45) is 4.07. The molecule has 0 aromatic carbocycles. The van der Waals surface area contributed by atoms with Gasteiger partial charge in [0.05, 0.1) is 12.2 Å². The van der Waals surface area contributed by atoms with Crippen molar-refractivity contribution in [2.45, 2.75) is 39.4 Å². The van der Waals surface area contributed by atoms with Crippen LogP contribution in [-0.4, -0.2) is 14.3 Å². The minimum atomic E-state index is 0.0529. The van der Waals surface area contributed by atoms with Gasteiger partial charge in [0, 0.05) is 30.2 Å². The van der Waals surface area contributed by atoms with E-state index in [9.17, 15) is 0 Å². The van der Waals surface area contributed by atoms with Crippen molar-refractivity contribution < 1.29 is 0 Å². The third kappa shape index (κ3) is 2.58. The predicted molar refractivity (Wildman–Crippen MR) is 68.7 cm³/mol. The maximum absolute atomic E-state index is 5.92. The lowest BCUT2D eigenvalue weighted by Crippen LogP contribution is -2.13. The molecule has 2 heterocycles. The molecule has 4 heteroatoms. The van der Waals surface area contributed by atoms with Crippen molar-refractivity contribution in [2.75, 3.05) is 0 Å². The number of nitrogens with two attached hydrogens (primary N) is 1. The van der Waals surface area contributed by atoms with E-state index in [1.54, 1.807) is 0 Å². The van der Waals surface area contributed by atoms with Crippen molar-refractivity contribution in [3.05, 3.63) is 42.0 Å². The molecule has 0 aliphatic heterocycles. The fraction of sp³-hybridized carbons (Fsp3) is 0.462. The quantitative estimate of drug-likeness (QED) is 0.879. The molecule has 1 atom stereocenters. The summed E-state index contributed by atoms with van der Waals surface area (Å²) in [5, 5.41) is 4.54. The topological polar surface area (TPSA) is 48.8 Å². The molecule has 0 amide bonds. The van der Waals surface area contributed by atoms with Crippen molar-refractivity contribution >= 4 is 0 Å². The number of rotatable bonds is 4. The van der Waals surface area contributed by atoms with E-state index in [0.29, 0.717) is 6.04 Å². The van der Waals surface area contributed by atoms with Crippen LogP contribution in [0.25, 0.3) is 0 Å². The largest absolute Gasteiger partial charge is 0.344 e. The van der Waals surface area contributed by atoms with E-state index in [0.717, 1.165) is 17.9 Å². The summed E-state index contributed by atoms with van der Waals surface area (Å²) < 4.78 is 4.13. The van der Waals surface area contributed by atoms with Gasteiger partial charge in [0.2, 0.25) is 0 Å². The maximum Gasteiger partial charge on any atom is 0.0821 e. The summed E-state index contributed by atoms with van der Waals surface area (Å²) in [6, 6.07) is 6.60. The van der Waals surface area contributed by atoms with Gasteiger partial charge in [-0.25, -0.2) is 0 Å². The van der Waals surface area contributed by atoms with Gasteiger partial charge in [-0.15, -0.1) is 0 Å². The van der Waals surface area contributed by atoms with E-state index in [1.165, 1.54) is 0 Å². The van der Waals surface area contributed by atoms with E-state index in [4.69, 9.17) is 5.73 Å². The number of aromatic nitrogens is 3. The summed E-state index contributed by atoms with van der Waals surface area (Å²) >= 11 is 0. The Morgan fingerprint density at radius 2 is 2.00 bits per heavy atom. The van der Waals surface area contributed by atoms with Gasteiger partial charge in [-0.1, -0.05) is 0 Å². The van der Waals surface area contributed by atoms with Crippen molar-refractivity contribution in [1.29, 1.82) is 0 Å². The van der Waals surface area contributed by atoms with E-state index >= 15 is 0 Å². The molecule has 2 aromatic rings. The highest BCUT2D eigenvalue weighted by Crippen LogP contribution is 2.13. The summed E-state index contributed by atoms with van der Waals surface area (Å²) in [5.74, 6) is 0. The Hall–Kier alpha value is -1.55. The zero-order chi connectivity index (χ0) is 12.4. The third-order valence-corrected chi connectivity index (χ3v) is 2.86. The van der Waals surface area contributed by atoms with Crippen LogP contribution < -0.4 is 5.73 Å². The Labute approximate surface area is 102 Å². The maximum atomic E-state index is 5.92. The van der Waals surface area contributed by atoms with Crippen LogP contribution in [0.4, 0.5) is 0 Å². The molecule has 0 aliphatic rings. The Morgan fingerprint density at radius 3 is 2.59 bits per heavy atom. The van der Waals surface area contributed by atoms with E-state index in [1.807, 2.05) is 30.1 Å². The molecule has 4 nitrogen and oxygen atoms in total. The molecule has 0 saturated carbocycles. The molecular weight excluding hydrogens is 212 g/mol. The average Bonchev–Trinajstić information content (AvgIpc) is 2.86. The molecule has 0 bridgehead atoms. The first-order chi connectivity index (χ1) is 8.08. The molecule has 0 saturated heterocycles. The van der Waals surface area contributed by atoms with Gasteiger partial charge < -0.3 is 10.3 Å². The molecule has 2 rings (SSSR count). The van der Waals surface area contributed by atoms with E-state index in [-0.39, 0.29) is 6.04 Å². The zero-order valence-electron chi connectivity index (χ0n) is 10.7. The normalized spacial score (nSPS) is 13.2. The number of hydrogen-bond donors (Lipinski definition) is 1. The van der Waals surface area contributed by atoms with Crippen LogP contribution in [0.1, 0.15) is 44.2 Å². The molecule has 92 valence electrons. The highest BCUT2D eigenvalue weighted by molar-refractivity contribution is 5.13. The van der Waals surface area contributed by atoms with Crippen LogP contribution in [0.2, 0.25) is 0 Å². The van der Waals surface area contributed by atoms with Gasteiger partial charge in [-0.05, 0) is 39.0 Å². The molecule has 2 N–H and O–H groups in total. The van der Waals surface area contributed by atoms with Crippen molar-refractivity contribution in [2.24, 2.45) is 5.73 Å². The number of hydrogen-bond acceptors (Lipinski definition) is 2. The molecule has 0 aliphatic carbocycles. The first-order valence-corrected chi connectivity index (χ1v) is 6.02. The van der Waals surface area contributed by atoms with Gasteiger partial charge in [0.1, 0.15) is 0 Å². The molecule has 0 radical (unpaired) electrons. The monoisotopic (exact) mass is 232 g/mol. The second-order valence-corrected chi connectivity index (χ2v) is 4.73. The Kier molecular flexibility index (Phi) is 3.33. The highest BCUT2D eigenvalue weighted by atomic mass is 15.3. The Balaban J connectivity index is 2.17. The molecule has 17 heavy (non-hydrogen) atoms. The summed E-state index contributed by atoms with van der Waals surface area (Å²) in [4.78, 5) is 0. The van der Waals surface area contributed by atoms with Crippen molar-refractivity contribution in [3.63, 3.8) is 0 Å². The smallest absolute Gasteiger partial charge is 0.0821 e. The highest BCUT2D eigenvalue weighted by Gasteiger charge is 2.08. The minimum absolute atomic E-state index is 0.0529. The zero-order valence-corrected chi connectivity index (χ0v) is 10.7. The van der Waals surface area contributed by atoms with Crippen molar-refractivity contribution in [3.8, 4) is 0 Å². The van der Waals surface area contributed by atoms with Gasteiger partial charge in [-0.3, -0.25) is 4.68 Å². The molecule has 0 spiro atoms. The molecular formula is C13H20N4. The van der Waals surface area contributed by atoms with Crippen LogP contribution in [0.5, 0.6) is 0 Å². The predicted octanol–water partition coefficient (Wildman–Crippen LogP) is 2.33. The average molecular weight is 232 g/mol. The van der Waals surface area contributed by atoms with Crippen LogP contribution >= 0.6 is 0 Å². The lowest BCUT2D eigenvalue weighted by Gasteiger charge is -2.10.